The Balaban J connectivity index is 3.22. The van der Waals surface area contributed by atoms with Crippen LogP contribution in [0.15, 0.2) is 18.2 Å². The van der Waals surface area contributed by atoms with Crippen LogP contribution in [0.4, 0.5) is 0 Å². The molecule has 0 unspecified atom stereocenters. The largest absolute Gasteiger partial charge is 0.496 e. The zero-order valence-corrected chi connectivity index (χ0v) is 9.13. The van der Waals surface area contributed by atoms with Gasteiger partial charge in [-0.3, -0.25) is 4.84 Å². The molecular formula is C11H17NO2. The third-order valence-electron chi connectivity index (χ3n) is 2.45. The number of hydrogen-bond acceptors (Lipinski definition) is 3. The van der Waals surface area contributed by atoms with E-state index in [2.05, 4.69) is 0 Å². The predicted molar refractivity (Wildman–Crippen MR) is 56.0 cm³/mol. The lowest BCUT2D eigenvalue weighted by molar-refractivity contribution is -0.0241. The van der Waals surface area contributed by atoms with Crippen molar-refractivity contribution in [1.82, 2.24) is 0 Å². The fourth-order valence-corrected chi connectivity index (χ4v) is 1.55. The molecular weight excluding hydrogens is 178 g/mol. The number of methoxy groups -OCH3 is 1. The molecule has 0 saturated heterocycles. The van der Waals surface area contributed by atoms with Crippen LogP contribution in [0.2, 0.25) is 0 Å². The highest BCUT2D eigenvalue weighted by Crippen LogP contribution is 2.30. The lowest BCUT2D eigenvalue weighted by Gasteiger charge is -2.25. The number of ether oxygens (including phenoxy) is 1. The summed E-state index contributed by atoms with van der Waals surface area (Å²) in [6.07, 6.45) is 0. The van der Waals surface area contributed by atoms with Crippen molar-refractivity contribution in [3.05, 3.63) is 29.3 Å². The predicted octanol–water partition coefficient (Wildman–Crippen LogP) is 2.13. The van der Waals surface area contributed by atoms with Crippen LogP contribution in [-0.2, 0) is 10.4 Å². The van der Waals surface area contributed by atoms with Crippen molar-refractivity contribution in [3.8, 4) is 5.75 Å². The standard InChI is InChI=1S/C11H17NO2/c1-8-9(11(2,3)14-12)6-5-7-10(8)13-4/h5-7H,12H2,1-4H3. The Hall–Kier alpha value is -1.06. The van der Waals surface area contributed by atoms with Gasteiger partial charge in [-0.05, 0) is 38.0 Å². The molecule has 0 bridgehead atoms. The maximum absolute atomic E-state index is 5.26. The van der Waals surface area contributed by atoms with Crippen LogP contribution in [-0.4, -0.2) is 7.11 Å². The van der Waals surface area contributed by atoms with E-state index in [1.807, 2.05) is 39.0 Å². The molecule has 14 heavy (non-hydrogen) atoms. The maximum Gasteiger partial charge on any atom is 0.122 e. The van der Waals surface area contributed by atoms with Crippen LogP contribution in [0.25, 0.3) is 0 Å². The molecule has 0 radical (unpaired) electrons. The topological polar surface area (TPSA) is 44.5 Å². The molecule has 0 atom stereocenters. The summed E-state index contributed by atoms with van der Waals surface area (Å²) >= 11 is 0. The highest BCUT2D eigenvalue weighted by Gasteiger charge is 2.23. The van der Waals surface area contributed by atoms with Gasteiger partial charge in [-0.2, -0.15) is 0 Å². The van der Waals surface area contributed by atoms with Gasteiger partial charge in [0, 0.05) is 0 Å². The lowest BCUT2D eigenvalue weighted by Crippen LogP contribution is -2.26. The van der Waals surface area contributed by atoms with E-state index in [1.165, 1.54) is 0 Å². The van der Waals surface area contributed by atoms with Crippen molar-refractivity contribution in [2.24, 2.45) is 5.90 Å². The van der Waals surface area contributed by atoms with Crippen molar-refractivity contribution in [1.29, 1.82) is 0 Å². The maximum atomic E-state index is 5.26. The fraction of sp³-hybridized carbons (Fsp3) is 0.455. The highest BCUT2D eigenvalue weighted by molar-refractivity contribution is 5.41. The first-order chi connectivity index (χ1) is 6.53. The molecule has 0 amide bonds. The van der Waals surface area contributed by atoms with E-state index in [1.54, 1.807) is 7.11 Å². The van der Waals surface area contributed by atoms with Gasteiger partial charge in [-0.15, -0.1) is 0 Å². The Morgan fingerprint density at radius 3 is 2.43 bits per heavy atom. The van der Waals surface area contributed by atoms with Crippen LogP contribution in [0.1, 0.15) is 25.0 Å². The van der Waals surface area contributed by atoms with Crippen molar-refractivity contribution in [2.45, 2.75) is 26.4 Å². The zero-order valence-electron chi connectivity index (χ0n) is 9.13. The van der Waals surface area contributed by atoms with Gasteiger partial charge in [0.25, 0.3) is 0 Å². The number of hydrogen-bond donors (Lipinski definition) is 1. The van der Waals surface area contributed by atoms with Gasteiger partial charge in [0.15, 0.2) is 0 Å². The summed E-state index contributed by atoms with van der Waals surface area (Å²) in [7, 11) is 1.66. The average molecular weight is 195 g/mol. The lowest BCUT2D eigenvalue weighted by atomic mass is 9.93. The third-order valence-corrected chi connectivity index (χ3v) is 2.45. The molecule has 0 saturated carbocycles. The summed E-state index contributed by atoms with van der Waals surface area (Å²) in [5, 5.41) is 0. The first-order valence-corrected chi connectivity index (χ1v) is 4.55. The number of rotatable bonds is 3. The molecule has 3 heteroatoms. The molecule has 0 spiro atoms. The van der Waals surface area contributed by atoms with Gasteiger partial charge in [0.1, 0.15) is 11.4 Å². The van der Waals surface area contributed by atoms with Gasteiger partial charge in [-0.25, -0.2) is 5.90 Å². The first kappa shape index (κ1) is 11.0. The fourth-order valence-electron chi connectivity index (χ4n) is 1.55. The summed E-state index contributed by atoms with van der Waals surface area (Å²) in [6.45, 7) is 5.85. The summed E-state index contributed by atoms with van der Waals surface area (Å²) in [6, 6.07) is 5.85. The second kappa shape index (κ2) is 3.98. The molecule has 1 aromatic rings. The second-order valence-corrected chi connectivity index (χ2v) is 3.76. The molecule has 2 N–H and O–H groups in total. The van der Waals surface area contributed by atoms with Crippen molar-refractivity contribution in [2.75, 3.05) is 7.11 Å². The first-order valence-electron chi connectivity index (χ1n) is 4.55. The highest BCUT2D eigenvalue weighted by atomic mass is 16.6. The second-order valence-electron chi connectivity index (χ2n) is 3.76. The molecule has 1 aromatic carbocycles. The monoisotopic (exact) mass is 195 g/mol. The summed E-state index contributed by atoms with van der Waals surface area (Å²) in [5.41, 5.74) is 1.61. The van der Waals surface area contributed by atoms with Crippen LogP contribution >= 0.6 is 0 Å². The molecule has 0 aromatic heterocycles. The van der Waals surface area contributed by atoms with E-state index in [9.17, 15) is 0 Å². The van der Waals surface area contributed by atoms with Crippen molar-refractivity contribution in [3.63, 3.8) is 0 Å². The van der Waals surface area contributed by atoms with E-state index in [4.69, 9.17) is 15.5 Å². The van der Waals surface area contributed by atoms with E-state index in [0.29, 0.717) is 0 Å². The minimum Gasteiger partial charge on any atom is -0.496 e. The van der Waals surface area contributed by atoms with Crippen LogP contribution < -0.4 is 10.6 Å². The number of nitrogens with two attached hydrogens (primary N) is 1. The van der Waals surface area contributed by atoms with E-state index < -0.39 is 5.60 Å². The minimum absolute atomic E-state index is 0.487. The molecule has 0 fully saturated rings. The normalized spacial score (nSPS) is 11.5. The van der Waals surface area contributed by atoms with E-state index >= 15 is 0 Å². The average Bonchev–Trinajstić information content (AvgIpc) is 2.18. The summed E-state index contributed by atoms with van der Waals surface area (Å²) in [5.74, 6) is 6.11. The van der Waals surface area contributed by atoms with Gasteiger partial charge in [-0.1, -0.05) is 12.1 Å². The van der Waals surface area contributed by atoms with Crippen LogP contribution in [0.5, 0.6) is 5.75 Å². The van der Waals surface area contributed by atoms with E-state index in [0.717, 1.165) is 16.9 Å². The van der Waals surface area contributed by atoms with Gasteiger partial charge >= 0.3 is 0 Å². The molecule has 0 aliphatic carbocycles. The van der Waals surface area contributed by atoms with Gasteiger partial charge in [0.2, 0.25) is 0 Å². The molecule has 0 aliphatic heterocycles. The Kier molecular flexibility index (Phi) is 3.13. The quantitative estimate of drug-likeness (QED) is 0.751. The van der Waals surface area contributed by atoms with E-state index in [-0.39, 0.29) is 0 Å². The van der Waals surface area contributed by atoms with Crippen molar-refractivity contribution >= 4 is 0 Å². The van der Waals surface area contributed by atoms with Gasteiger partial charge in [0.05, 0.1) is 7.11 Å². The van der Waals surface area contributed by atoms with Crippen molar-refractivity contribution < 1.29 is 9.57 Å². The van der Waals surface area contributed by atoms with Crippen LogP contribution in [0.3, 0.4) is 0 Å². The smallest absolute Gasteiger partial charge is 0.122 e. The van der Waals surface area contributed by atoms with Gasteiger partial charge < -0.3 is 4.74 Å². The Bertz CT molecular complexity index is 321. The minimum atomic E-state index is -0.487. The molecule has 0 aliphatic rings. The molecule has 78 valence electrons. The SMILES string of the molecule is COc1cccc(C(C)(C)ON)c1C. The molecule has 1 rings (SSSR count). The Morgan fingerprint density at radius 2 is 1.93 bits per heavy atom. The summed E-state index contributed by atoms with van der Waals surface area (Å²) < 4.78 is 5.23. The van der Waals surface area contributed by atoms with Crippen LogP contribution in [0, 0.1) is 6.92 Å². The molecule has 3 nitrogen and oxygen atoms in total. The molecule has 0 heterocycles. The third kappa shape index (κ3) is 1.89. The Morgan fingerprint density at radius 1 is 1.29 bits per heavy atom. The zero-order chi connectivity index (χ0) is 10.8. The summed E-state index contributed by atoms with van der Waals surface area (Å²) in [4.78, 5) is 4.95. The number of benzene rings is 1. The Labute approximate surface area is 84.8 Å².